The van der Waals surface area contributed by atoms with Crippen LogP contribution in [0.2, 0.25) is 0 Å². The van der Waals surface area contributed by atoms with Crippen LogP contribution in [0.15, 0.2) is 51.4 Å². The van der Waals surface area contributed by atoms with Gasteiger partial charge in [-0.2, -0.15) is 0 Å². The van der Waals surface area contributed by atoms with Crippen LogP contribution >= 0.6 is 31.9 Å². The van der Waals surface area contributed by atoms with Crippen molar-refractivity contribution in [2.75, 3.05) is 7.05 Å². The summed E-state index contributed by atoms with van der Waals surface area (Å²) in [5, 5.41) is 3.40. The number of rotatable bonds is 4. The second kappa shape index (κ2) is 6.69. The molecule has 0 spiro atoms. The molecule has 1 atom stereocenters. The lowest BCUT2D eigenvalue weighted by atomic mass is 9.97. The predicted molar refractivity (Wildman–Crippen MR) is 88.6 cm³/mol. The van der Waals surface area contributed by atoms with Gasteiger partial charge >= 0.3 is 0 Å². The number of aryl methyl sites for hydroxylation is 1. The van der Waals surface area contributed by atoms with E-state index in [2.05, 4.69) is 86.6 Å². The zero-order chi connectivity index (χ0) is 13.8. The summed E-state index contributed by atoms with van der Waals surface area (Å²) in [5.74, 6) is 0. The molecule has 0 fully saturated rings. The van der Waals surface area contributed by atoms with Crippen molar-refractivity contribution in [1.29, 1.82) is 0 Å². The fourth-order valence-electron chi connectivity index (χ4n) is 2.26. The van der Waals surface area contributed by atoms with Crippen LogP contribution in [0.4, 0.5) is 0 Å². The maximum absolute atomic E-state index is 3.55. The minimum absolute atomic E-state index is 0.209. The van der Waals surface area contributed by atoms with Gasteiger partial charge < -0.3 is 5.32 Å². The summed E-state index contributed by atoms with van der Waals surface area (Å²) < 4.78 is 2.17. The van der Waals surface area contributed by atoms with Crippen LogP contribution in [0.5, 0.6) is 0 Å². The van der Waals surface area contributed by atoms with Crippen molar-refractivity contribution in [3.05, 3.63) is 68.1 Å². The summed E-state index contributed by atoms with van der Waals surface area (Å²) in [7, 11) is 2.00. The minimum atomic E-state index is 0.209. The van der Waals surface area contributed by atoms with Crippen LogP contribution < -0.4 is 5.32 Å². The molecule has 2 aromatic carbocycles. The molecule has 0 aliphatic carbocycles. The lowest BCUT2D eigenvalue weighted by Gasteiger charge is -2.18. The Morgan fingerprint density at radius 2 is 1.68 bits per heavy atom. The predicted octanol–water partition coefficient (Wildman–Crippen LogP) is 5.08. The van der Waals surface area contributed by atoms with Gasteiger partial charge in [0.1, 0.15) is 0 Å². The van der Waals surface area contributed by atoms with E-state index in [1.54, 1.807) is 0 Å². The zero-order valence-electron chi connectivity index (χ0n) is 11.1. The fraction of sp³-hybridized carbons (Fsp3) is 0.250. The maximum Gasteiger partial charge on any atom is 0.0575 e. The molecule has 0 aromatic heterocycles. The normalized spacial score (nSPS) is 12.4. The highest BCUT2D eigenvalue weighted by atomic mass is 79.9. The second-order valence-electron chi connectivity index (χ2n) is 4.52. The lowest BCUT2D eigenvalue weighted by molar-refractivity contribution is 0.690. The number of hydrogen-bond donors (Lipinski definition) is 1. The third-order valence-corrected chi connectivity index (χ3v) is 4.12. The SMILES string of the molecule is CCc1cccc(C(NC)c2cc(Br)cc(Br)c2)c1. The zero-order valence-corrected chi connectivity index (χ0v) is 14.3. The molecular formula is C16H17Br2N. The number of halogens is 2. The first kappa shape index (κ1) is 14.8. The average molecular weight is 383 g/mol. The maximum atomic E-state index is 3.55. The molecule has 0 radical (unpaired) electrons. The van der Waals surface area contributed by atoms with Crippen molar-refractivity contribution in [2.24, 2.45) is 0 Å². The molecule has 0 heterocycles. The standard InChI is InChI=1S/C16H17Br2N/c1-3-11-5-4-6-12(7-11)16(19-2)13-8-14(17)10-15(18)9-13/h4-10,16,19H,3H2,1-2H3. The smallest absolute Gasteiger partial charge is 0.0575 e. The third kappa shape index (κ3) is 3.68. The quantitative estimate of drug-likeness (QED) is 0.777. The van der Waals surface area contributed by atoms with E-state index in [-0.39, 0.29) is 6.04 Å². The Morgan fingerprint density at radius 3 is 2.26 bits per heavy atom. The van der Waals surface area contributed by atoms with Crippen LogP contribution in [-0.4, -0.2) is 7.05 Å². The number of hydrogen-bond acceptors (Lipinski definition) is 1. The summed E-state index contributed by atoms with van der Waals surface area (Å²) in [5.41, 5.74) is 3.91. The van der Waals surface area contributed by atoms with E-state index in [4.69, 9.17) is 0 Å². The Bertz CT molecular complexity index is 546. The Kier molecular flexibility index (Phi) is 5.20. The van der Waals surface area contributed by atoms with Crippen molar-refractivity contribution in [2.45, 2.75) is 19.4 Å². The molecule has 0 amide bonds. The van der Waals surface area contributed by atoms with E-state index in [0.29, 0.717) is 0 Å². The largest absolute Gasteiger partial charge is 0.309 e. The summed E-state index contributed by atoms with van der Waals surface area (Å²) in [6, 6.07) is 15.3. The molecule has 1 N–H and O–H groups in total. The Morgan fingerprint density at radius 1 is 1.00 bits per heavy atom. The van der Waals surface area contributed by atoms with Crippen LogP contribution in [0.25, 0.3) is 0 Å². The average Bonchev–Trinajstić information content (AvgIpc) is 2.39. The van der Waals surface area contributed by atoms with E-state index >= 15 is 0 Å². The van der Waals surface area contributed by atoms with Gasteiger partial charge in [-0.3, -0.25) is 0 Å². The summed E-state index contributed by atoms with van der Waals surface area (Å²) in [4.78, 5) is 0. The van der Waals surface area contributed by atoms with Gasteiger partial charge in [-0.15, -0.1) is 0 Å². The molecule has 0 aliphatic heterocycles. The highest BCUT2D eigenvalue weighted by Crippen LogP contribution is 2.28. The third-order valence-electron chi connectivity index (χ3n) is 3.20. The van der Waals surface area contributed by atoms with Gasteiger partial charge in [0.15, 0.2) is 0 Å². The summed E-state index contributed by atoms with van der Waals surface area (Å²) >= 11 is 7.11. The van der Waals surface area contributed by atoms with Gasteiger partial charge in [-0.1, -0.05) is 63.0 Å². The van der Waals surface area contributed by atoms with Crippen LogP contribution in [0, 0.1) is 0 Å². The summed E-state index contributed by atoms with van der Waals surface area (Å²) in [6.45, 7) is 2.18. The van der Waals surface area contributed by atoms with E-state index in [9.17, 15) is 0 Å². The molecule has 1 unspecified atom stereocenters. The molecule has 3 heteroatoms. The van der Waals surface area contributed by atoms with Gasteiger partial charge in [-0.05, 0) is 48.4 Å². The van der Waals surface area contributed by atoms with Gasteiger partial charge in [-0.25, -0.2) is 0 Å². The van der Waals surface area contributed by atoms with Crippen molar-refractivity contribution >= 4 is 31.9 Å². The molecule has 2 aromatic rings. The van der Waals surface area contributed by atoms with Gasteiger partial charge in [0.05, 0.1) is 6.04 Å². The van der Waals surface area contributed by atoms with Gasteiger partial charge in [0.2, 0.25) is 0 Å². The first-order valence-corrected chi connectivity index (χ1v) is 7.94. The van der Waals surface area contributed by atoms with Gasteiger partial charge in [0.25, 0.3) is 0 Å². The molecule has 0 saturated carbocycles. The van der Waals surface area contributed by atoms with Crippen molar-refractivity contribution in [1.82, 2.24) is 5.32 Å². The van der Waals surface area contributed by atoms with Crippen molar-refractivity contribution in [3.63, 3.8) is 0 Å². The molecule has 0 bridgehead atoms. The number of nitrogens with one attached hydrogen (secondary N) is 1. The topological polar surface area (TPSA) is 12.0 Å². The highest BCUT2D eigenvalue weighted by Gasteiger charge is 2.13. The molecular weight excluding hydrogens is 366 g/mol. The van der Waals surface area contributed by atoms with E-state index < -0.39 is 0 Å². The van der Waals surface area contributed by atoms with Crippen molar-refractivity contribution < 1.29 is 0 Å². The monoisotopic (exact) mass is 381 g/mol. The molecule has 0 saturated heterocycles. The van der Waals surface area contributed by atoms with Crippen LogP contribution in [0.3, 0.4) is 0 Å². The fourth-order valence-corrected chi connectivity index (χ4v) is 3.59. The van der Waals surface area contributed by atoms with Gasteiger partial charge in [0, 0.05) is 8.95 Å². The minimum Gasteiger partial charge on any atom is -0.309 e. The highest BCUT2D eigenvalue weighted by molar-refractivity contribution is 9.11. The Labute approximate surface area is 131 Å². The molecule has 2 rings (SSSR count). The number of benzene rings is 2. The molecule has 19 heavy (non-hydrogen) atoms. The van der Waals surface area contributed by atoms with E-state index in [1.807, 2.05) is 7.05 Å². The van der Waals surface area contributed by atoms with E-state index in [1.165, 1.54) is 16.7 Å². The van der Waals surface area contributed by atoms with Crippen LogP contribution in [-0.2, 0) is 6.42 Å². The van der Waals surface area contributed by atoms with E-state index in [0.717, 1.165) is 15.4 Å². The lowest BCUT2D eigenvalue weighted by Crippen LogP contribution is -2.17. The summed E-state index contributed by atoms with van der Waals surface area (Å²) in [6.07, 6.45) is 1.06. The molecule has 0 aliphatic rings. The van der Waals surface area contributed by atoms with Crippen LogP contribution in [0.1, 0.15) is 29.7 Å². The first-order chi connectivity index (χ1) is 9.13. The van der Waals surface area contributed by atoms with Crippen molar-refractivity contribution in [3.8, 4) is 0 Å². The first-order valence-electron chi connectivity index (χ1n) is 6.36. The Balaban J connectivity index is 2.43. The molecule has 100 valence electrons. The second-order valence-corrected chi connectivity index (χ2v) is 6.35. The molecule has 1 nitrogen and oxygen atoms in total. The Hall–Kier alpha value is -0.640.